The summed E-state index contributed by atoms with van der Waals surface area (Å²) < 4.78 is 0. The highest BCUT2D eigenvalue weighted by Gasteiger charge is 2.39. The minimum Gasteiger partial charge on any atom is -0.350 e. The highest BCUT2D eigenvalue weighted by Crippen LogP contribution is 2.23. The van der Waals surface area contributed by atoms with Gasteiger partial charge in [-0.05, 0) is 17.7 Å². The smallest absolute Gasteiger partial charge is 0.278 e. The van der Waals surface area contributed by atoms with Crippen molar-refractivity contribution < 1.29 is 9.59 Å². The number of rotatable bonds is 2. The van der Waals surface area contributed by atoms with Crippen molar-refractivity contribution in [3.8, 4) is 0 Å². The summed E-state index contributed by atoms with van der Waals surface area (Å²) in [6.07, 6.45) is 0. The van der Waals surface area contributed by atoms with Crippen LogP contribution in [0.3, 0.4) is 0 Å². The Kier molecular flexibility index (Phi) is 2.87. The number of benzene rings is 2. The zero-order chi connectivity index (χ0) is 16.0. The fraction of sp³-hybridized carbons (Fsp3) is 0.0556. The van der Waals surface area contributed by atoms with Gasteiger partial charge in [-0.25, -0.2) is 0 Å². The Morgan fingerprint density at radius 1 is 0.826 bits per heavy atom. The predicted molar refractivity (Wildman–Crippen MR) is 85.2 cm³/mol. The van der Waals surface area contributed by atoms with Crippen molar-refractivity contribution in [1.29, 1.82) is 0 Å². The van der Waals surface area contributed by atoms with Crippen molar-refractivity contribution in [2.75, 3.05) is 0 Å². The second kappa shape index (κ2) is 4.91. The molecule has 0 spiro atoms. The molecule has 2 aromatic carbocycles. The number of nitrogens with one attached hydrogen (secondary N) is 1. The molecule has 3 aromatic rings. The molecule has 5 nitrogen and oxygen atoms in total. The van der Waals surface area contributed by atoms with Crippen molar-refractivity contribution in [1.82, 2.24) is 9.88 Å². The first-order chi connectivity index (χ1) is 11.2. The Morgan fingerprint density at radius 2 is 1.52 bits per heavy atom. The molecule has 0 bridgehead atoms. The Morgan fingerprint density at radius 3 is 2.30 bits per heavy atom. The highest BCUT2D eigenvalue weighted by atomic mass is 16.2. The first-order valence-corrected chi connectivity index (χ1v) is 7.22. The highest BCUT2D eigenvalue weighted by molar-refractivity contribution is 6.21. The van der Waals surface area contributed by atoms with Gasteiger partial charge in [0.15, 0.2) is 0 Å². The van der Waals surface area contributed by atoms with Crippen LogP contribution >= 0.6 is 0 Å². The van der Waals surface area contributed by atoms with Gasteiger partial charge >= 0.3 is 0 Å². The number of para-hydroxylation sites is 1. The minimum atomic E-state index is -0.541. The summed E-state index contributed by atoms with van der Waals surface area (Å²) in [6, 6.07) is 16.1. The maximum absolute atomic E-state index is 12.6. The lowest BCUT2D eigenvalue weighted by Crippen LogP contribution is -2.30. The lowest BCUT2D eigenvalue weighted by atomic mass is 10.1. The van der Waals surface area contributed by atoms with Crippen molar-refractivity contribution in [2.24, 2.45) is 0 Å². The number of amides is 2. The number of pyridine rings is 1. The number of hydrogen-bond acceptors (Lipinski definition) is 3. The van der Waals surface area contributed by atoms with Crippen molar-refractivity contribution in [3.63, 3.8) is 0 Å². The van der Waals surface area contributed by atoms with E-state index in [0.717, 1.165) is 10.5 Å². The van der Waals surface area contributed by atoms with Gasteiger partial charge < -0.3 is 4.98 Å². The van der Waals surface area contributed by atoms with Gasteiger partial charge in [0.25, 0.3) is 11.8 Å². The van der Waals surface area contributed by atoms with E-state index in [1.54, 1.807) is 24.3 Å². The van der Waals surface area contributed by atoms with E-state index in [4.69, 9.17) is 0 Å². The van der Waals surface area contributed by atoms with E-state index < -0.39 is 17.2 Å². The summed E-state index contributed by atoms with van der Waals surface area (Å²) in [4.78, 5) is 41.7. The predicted octanol–water partition coefficient (Wildman–Crippen LogP) is 2.32. The fourth-order valence-corrected chi connectivity index (χ4v) is 2.87. The summed E-state index contributed by atoms with van der Waals surface area (Å²) in [5.41, 5.74) is 1.00. The maximum atomic E-state index is 12.6. The van der Waals surface area contributed by atoms with Gasteiger partial charge in [0, 0.05) is 10.9 Å². The number of aromatic nitrogens is 1. The van der Waals surface area contributed by atoms with Gasteiger partial charge in [-0.1, -0.05) is 42.5 Å². The van der Waals surface area contributed by atoms with Crippen molar-refractivity contribution >= 4 is 22.7 Å². The number of nitrogens with zero attached hydrogens (tertiary/aromatic N) is 1. The van der Waals surface area contributed by atoms with Gasteiger partial charge in [-0.15, -0.1) is 0 Å². The van der Waals surface area contributed by atoms with Crippen LogP contribution in [0.2, 0.25) is 0 Å². The normalized spacial score (nSPS) is 13.7. The molecule has 0 radical (unpaired) electrons. The molecule has 0 saturated heterocycles. The van der Waals surface area contributed by atoms with Gasteiger partial charge in [0.05, 0.1) is 6.54 Å². The van der Waals surface area contributed by atoms with Gasteiger partial charge in [0.1, 0.15) is 11.3 Å². The molecule has 2 heterocycles. The van der Waals surface area contributed by atoms with Crippen LogP contribution < -0.4 is 5.43 Å². The van der Waals surface area contributed by atoms with Crippen LogP contribution in [0, 0.1) is 0 Å². The molecule has 4 rings (SSSR count). The average molecular weight is 304 g/mol. The summed E-state index contributed by atoms with van der Waals surface area (Å²) in [7, 11) is 0. The molecule has 0 unspecified atom stereocenters. The number of imide groups is 1. The van der Waals surface area contributed by atoms with E-state index in [1.807, 2.05) is 30.3 Å². The van der Waals surface area contributed by atoms with Crippen LogP contribution in [0.15, 0.2) is 59.4 Å². The number of hydrogen-bond donors (Lipinski definition) is 1. The van der Waals surface area contributed by atoms with Crippen molar-refractivity contribution in [2.45, 2.75) is 6.54 Å². The van der Waals surface area contributed by atoms with Crippen LogP contribution in [0.1, 0.15) is 26.4 Å². The van der Waals surface area contributed by atoms with Crippen molar-refractivity contribution in [3.05, 3.63) is 81.6 Å². The largest absolute Gasteiger partial charge is 0.350 e. The van der Waals surface area contributed by atoms with E-state index in [1.165, 1.54) is 0 Å². The van der Waals surface area contributed by atoms with Gasteiger partial charge in [-0.3, -0.25) is 19.3 Å². The zero-order valence-electron chi connectivity index (χ0n) is 12.1. The molecular weight excluding hydrogens is 292 g/mol. The molecule has 1 aliphatic heterocycles. The van der Waals surface area contributed by atoms with Crippen LogP contribution in [0.4, 0.5) is 0 Å². The molecule has 1 N–H and O–H groups in total. The summed E-state index contributed by atoms with van der Waals surface area (Å²) in [5, 5.41) is 0.411. The second-order valence-electron chi connectivity index (χ2n) is 5.43. The molecule has 0 aliphatic carbocycles. The number of H-pyrrole nitrogens is 1. The van der Waals surface area contributed by atoms with Crippen LogP contribution in [0.5, 0.6) is 0 Å². The first kappa shape index (κ1) is 13.5. The lowest BCUT2D eigenvalue weighted by Gasteiger charge is -2.13. The summed E-state index contributed by atoms with van der Waals surface area (Å²) in [5.74, 6) is -1.00. The topological polar surface area (TPSA) is 70.2 Å². The average Bonchev–Trinajstić information content (AvgIpc) is 2.81. The Labute approximate surface area is 131 Å². The molecule has 0 atom stereocenters. The lowest BCUT2D eigenvalue weighted by molar-refractivity contribution is 0.0640. The molecule has 0 fully saturated rings. The number of aromatic amines is 1. The van der Waals surface area contributed by atoms with E-state index in [-0.39, 0.29) is 17.8 Å². The number of fused-ring (bicyclic) bond motifs is 2. The zero-order valence-corrected chi connectivity index (χ0v) is 12.1. The number of carbonyl (C=O) groups excluding carboxylic acids is 2. The quantitative estimate of drug-likeness (QED) is 0.739. The minimum absolute atomic E-state index is 0.0652. The number of carbonyl (C=O) groups is 2. The third-order valence-corrected chi connectivity index (χ3v) is 4.01. The van der Waals surface area contributed by atoms with E-state index >= 15 is 0 Å². The maximum Gasteiger partial charge on any atom is 0.278 e. The molecule has 1 aromatic heterocycles. The molecule has 0 saturated carbocycles. The van der Waals surface area contributed by atoms with E-state index in [9.17, 15) is 14.4 Å². The summed E-state index contributed by atoms with van der Waals surface area (Å²) >= 11 is 0. The van der Waals surface area contributed by atoms with Crippen LogP contribution in [-0.4, -0.2) is 21.7 Å². The van der Waals surface area contributed by atoms with Gasteiger partial charge in [-0.2, -0.15) is 0 Å². The molecule has 5 heteroatoms. The standard InChI is InChI=1S/C18H12N2O3/c21-16-12-8-4-5-9-13(12)19-15-14(16)17(22)20(18(15)23)10-11-6-2-1-3-7-11/h1-9H,10H2,(H,19,21). The summed E-state index contributed by atoms with van der Waals surface area (Å²) in [6.45, 7) is 0.150. The molecule has 23 heavy (non-hydrogen) atoms. The SMILES string of the molecule is O=C1c2[nH]c3ccccc3c(=O)c2C(=O)N1Cc1ccccc1. The monoisotopic (exact) mass is 304 g/mol. The third-order valence-electron chi connectivity index (χ3n) is 4.01. The van der Waals surface area contributed by atoms with Crippen LogP contribution in [0.25, 0.3) is 10.9 Å². The Balaban J connectivity index is 1.85. The Bertz CT molecular complexity index is 1010. The Hall–Kier alpha value is -3.21. The van der Waals surface area contributed by atoms with E-state index in [2.05, 4.69) is 4.98 Å². The molecule has 112 valence electrons. The molecule has 2 amide bonds. The fourth-order valence-electron chi connectivity index (χ4n) is 2.87. The first-order valence-electron chi connectivity index (χ1n) is 7.22. The molecular formula is C18H12N2O3. The third kappa shape index (κ3) is 1.97. The van der Waals surface area contributed by atoms with Crippen LogP contribution in [-0.2, 0) is 6.54 Å². The van der Waals surface area contributed by atoms with Gasteiger partial charge in [0.2, 0.25) is 5.43 Å². The van der Waals surface area contributed by atoms with E-state index in [0.29, 0.717) is 10.9 Å². The molecule has 1 aliphatic rings. The second-order valence-corrected chi connectivity index (χ2v) is 5.43.